The fraction of sp³-hybridized carbons (Fsp3) is 0.812. The second-order valence-electron chi connectivity index (χ2n) is 5.76. The Kier molecular flexibility index (Phi) is 6.05. The van der Waals surface area contributed by atoms with Gasteiger partial charge in [0, 0.05) is 0 Å². The number of unbranched alkanes of at least 4 members (excludes halogenated alkanes) is 3. The fourth-order valence-corrected chi connectivity index (χ4v) is 18.2. The Balaban J connectivity index is 3.10. The van der Waals surface area contributed by atoms with Crippen molar-refractivity contribution in [3.05, 3.63) is 12.5 Å². The molecule has 1 aromatic heterocycles. The molecule has 0 spiro atoms. The van der Waals surface area contributed by atoms with Crippen LogP contribution in [0, 0.1) is 0 Å². The quantitative estimate of drug-likeness (QED) is 0.553. The van der Waals surface area contributed by atoms with Crippen molar-refractivity contribution < 1.29 is 4.11 Å². The number of imidazole rings is 1. The van der Waals surface area contributed by atoms with Crippen molar-refractivity contribution in [1.82, 2.24) is 9.55 Å². The summed E-state index contributed by atoms with van der Waals surface area (Å²) < 4.78 is 29.3. The van der Waals surface area contributed by atoms with Crippen LogP contribution >= 0.6 is 0 Å². The van der Waals surface area contributed by atoms with Crippen LogP contribution in [0.25, 0.3) is 0 Å². The van der Waals surface area contributed by atoms with Crippen molar-refractivity contribution in [2.75, 3.05) is 0 Å². The average molecular weight is 374 g/mol. The van der Waals surface area contributed by atoms with Crippen molar-refractivity contribution in [1.29, 1.82) is 0 Å². The summed E-state index contributed by atoms with van der Waals surface area (Å²) in [4.78, 5) is 4.61. The van der Waals surface area contributed by atoms with E-state index in [0.29, 0.717) is 0 Å². The summed E-state index contributed by atoms with van der Waals surface area (Å²) in [5.74, 6) is 0. The van der Waals surface area contributed by atoms with Gasteiger partial charge in [0.1, 0.15) is 0 Å². The number of hydrogen-bond acceptors (Lipinski definition) is 1. The molecule has 0 unspecified atom stereocenters. The van der Waals surface area contributed by atoms with Gasteiger partial charge in [-0.3, -0.25) is 0 Å². The van der Waals surface area contributed by atoms with E-state index in [1.54, 1.807) is 0 Å². The molecule has 0 amide bonds. The van der Waals surface area contributed by atoms with E-state index in [9.17, 15) is 0 Å². The number of aromatic nitrogens is 2. The molecule has 0 saturated carbocycles. The molecular formula is C16H32N2Sn. The average Bonchev–Trinajstić information content (AvgIpc) is 2.97. The predicted octanol–water partition coefficient (Wildman–Crippen LogP) is 4.48. The van der Waals surface area contributed by atoms with Crippen molar-refractivity contribution in [2.24, 2.45) is 6.98 Å². The fourth-order valence-electron chi connectivity index (χ4n) is 2.90. The zero-order chi connectivity index (χ0) is 16.6. The van der Waals surface area contributed by atoms with Crippen LogP contribution in [-0.2, 0) is 6.98 Å². The van der Waals surface area contributed by atoms with Crippen LogP contribution in [0.3, 0.4) is 0 Å². The third kappa shape index (κ3) is 5.13. The summed E-state index contributed by atoms with van der Waals surface area (Å²) in [6.45, 7) is 4.65. The van der Waals surface area contributed by atoms with Gasteiger partial charge in [0.05, 0.1) is 0 Å². The van der Waals surface area contributed by atoms with Gasteiger partial charge in [-0.05, 0) is 0 Å². The predicted molar refractivity (Wildman–Crippen MR) is 87.7 cm³/mol. The standard InChI is InChI=1S/C4H5N2.3C4H9.Sn/c1-6-3-2-5-4-6;3*1-3-4-2;/h3-4H,1H3;3*1,3-4H2,2H3;/i1D3;;;;. The molecular weight excluding hydrogens is 339 g/mol. The first kappa shape index (κ1) is 12.7. The van der Waals surface area contributed by atoms with Crippen LogP contribution in [0.1, 0.15) is 63.4 Å². The Hall–Kier alpha value is 0.00870. The van der Waals surface area contributed by atoms with Crippen LogP contribution in [0.15, 0.2) is 12.5 Å². The van der Waals surface area contributed by atoms with Crippen molar-refractivity contribution in [2.45, 2.75) is 72.6 Å². The van der Waals surface area contributed by atoms with E-state index in [4.69, 9.17) is 4.11 Å². The molecule has 0 aromatic carbocycles. The van der Waals surface area contributed by atoms with Crippen molar-refractivity contribution in [3.63, 3.8) is 0 Å². The van der Waals surface area contributed by atoms with Gasteiger partial charge in [0.2, 0.25) is 0 Å². The zero-order valence-electron chi connectivity index (χ0n) is 15.9. The van der Waals surface area contributed by atoms with Crippen LogP contribution in [-0.4, -0.2) is 27.9 Å². The molecule has 0 aliphatic carbocycles. The third-order valence-electron chi connectivity index (χ3n) is 4.15. The Morgan fingerprint density at radius 2 is 1.58 bits per heavy atom. The Bertz CT molecular complexity index is 407. The SMILES string of the molecule is [2H]C([2H])([2H])n1cn[c]([Sn]([CH2]CCC)([CH2]CCC)[CH2]CCC)c1. The second-order valence-corrected chi connectivity index (χ2v) is 18.8. The molecule has 1 aromatic rings. The van der Waals surface area contributed by atoms with E-state index in [1.165, 1.54) is 66.4 Å². The van der Waals surface area contributed by atoms with E-state index in [1.807, 2.05) is 6.20 Å². The molecule has 0 saturated heterocycles. The van der Waals surface area contributed by atoms with Gasteiger partial charge in [0.25, 0.3) is 0 Å². The summed E-state index contributed by atoms with van der Waals surface area (Å²) in [5.41, 5.74) is 0. The van der Waals surface area contributed by atoms with Crippen molar-refractivity contribution in [3.8, 4) is 0 Å². The monoisotopic (exact) mass is 375 g/mol. The second kappa shape index (κ2) is 9.04. The maximum atomic E-state index is 7.58. The Labute approximate surface area is 128 Å². The minimum absolute atomic E-state index is 1.20. The van der Waals surface area contributed by atoms with Crippen LogP contribution in [0.5, 0.6) is 0 Å². The molecule has 0 aliphatic heterocycles. The molecule has 0 radical (unpaired) electrons. The molecule has 0 bridgehead atoms. The number of aryl methyl sites for hydroxylation is 1. The van der Waals surface area contributed by atoms with Crippen molar-refractivity contribution >= 4 is 22.1 Å². The summed E-state index contributed by atoms with van der Waals surface area (Å²) in [6, 6.07) is 0. The molecule has 1 rings (SSSR count). The van der Waals surface area contributed by atoms with Gasteiger partial charge in [-0.1, -0.05) is 0 Å². The molecule has 0 fully saturated rings. The molecule has 3 heteroatoms. The molecule has 0 aliphatic rings. The Morgan fingerprint density at radius 1 is 1.05 bits per heavy atom. The summed E-state index contributed by atoms with van der Waals surface area (Å²) in [5, 5.41) is 0. The Morgan fingerprint density at radius 3 is 1.95 bits per heavy atom. The van der Waals surface area contributed by atoms with Gasteiger partial charge in [0.15, 0.2) is 0 Å². The zero-order valence-corrected chi connectivity index (χ0v) is 15.8. The maximum absolute atomic E-state index is 7.58. The molecule has 1 heterocycles. The van der Waals surface area contributed by atoms with Crippen LogP contribution in [0.2, 0.25) is 13.3 Å². The van der Waals surface area contributed by atoms with Gasteiger partial charge in [-0.2, -0.15) is 0 Å². The first-order valence-electron chi connectivity index (χ1n) is 9.44. The molecule has 2 nitrogen and oxygen atoms in total. The van der Waals surface area contributed by atoms with E-state index >= 15 is 0 Å². The molecule has 110 valence electrons. The minimum atomic E-state index is -2.56. The first-order chi connectivity index (χ1) is 10.4. The third-order valence-corrected chi connectivity index (χ3v) is 19.2. The summed E-state index contributed by atoms with van der Waals surface area (Å²) in [6.07, 6.45) is 10.9. The van der Waals surface area contributed by atoms with E-state index < -0.39 is 25.4 Å². The van der Waals surface area contributed by atoms with E-state index in [2.05, 4.69) is 25.8 Å². The van der Waals surface area contributed by atoms with Gasteiger partial charge in [-0.15, -0.1) is 0 Å². The molecule has 0 N–H and O–H groups in total. The van der Waals surface area contributed by atoms with Crippen LogP contribution < -0.4 is 3.71 Å². The topological polar surface area (TPSA) is 17.8 Å². The summed E-state index contributed by atoms with van der Waals surface area (Å²) in [7, 11) is 0. The molecule has 0 atom stereocenters. The number of hydrogen-bond donors (Lipinski definition) is 0. The first-order valence-corrected chi connectivity index (χ1v) is 15.4. The van der Waals surface area contributed by atoms with Crippen LogP contribution in [0.4, 0.5) is 0 Å². The van der Waals surface area contributed by atoms with Gasteiger partial charge >= 0.3 is 128 Å². The normalized spacial score (nSPS) is 15.0. The van der Waals surface area contributed by atoms with Gasteiger partial charge in [-0.25, -0.2) is 0 Å². The number of nitrogens with zero attached hydrogens (tertiary/aromatic N) is 2. The van der Waals surface area contributed by atoms with Gasteiger partial charge < -0.3 is 0 Å². The summed E-state index contributed by atoms with van der Waals surface area (Å²) >= 11 is -2.56. The molecule has 19 heavy (non-hydrogen) atoms. The number of rotatable bonds is 10. The van der Waals surface area contributed by atoms with E-state index in [0.717, 1.165) is 0 Å². The van der Waals surface area contributed by atoms with E-state index in [-0.39, 0.29) is 0 Å².